The van der Waals surface area contributed by atoms with E-state index in [1.54, 1.807) is 26.0 Å². The molecule has 0 radical (unpaired) electrons. The van der Waals surface area contributed by atoms with E-state index in [0.717, 1.165) is 0 Å². The Morgan fingerprint density at radius 2 is 1.97 bits per heavy atom. The second-order valence-electron chi connectivity index (χ2n) is 7.58. The Kier molecular flexibility index (Phi) is 6.20. The van der Waals surface area contributed by atoms with Crippen LogP contribution in [0.25, 0.3) is 10.8 Å². The normalized spacial score (nSPS) is 25.1. The largest absolute Gasteiger partial charge is 0.462 e. The summed E-state index contributed by atoms with van der Waals surface area (Å²) in [5, 5.41) is 13.8. The highest BCUT2D eigenvalue weighted by atomic mass is 16.7. The van der Waals surface area contributed by atoms with Crippen molar-refractivity contribution in [2.75, 3.05) is 12.4 Å². The number of aliphatic hydroxyl groups excluding tert-OH is 1. The lowest BCUT2D eigenvalue weighted by molar-refractivity contribution is -0.304. The van der Waals surface area contributed by atoms with Crippen molar-refractivity contribution in [2.24, 2.45) is 5.73 Å². The van der Waals surface area contributed by atoms with Gasteiger partial charge in [-0.3, -0.25) is 10.1 Å². The van der Waals surface area contributed by atoms with Gasteiger partial charge in [0.1, 0.15) is 11.9 Å². The van der Waals surface area contributed by atoms with Crippen molar-refractivity contribution in [1.82, 2.24) is 0 Å². The lowest BCUT2D eigenvalue weighted by Crippen LogP contribution is -2.65. The van der Waals surface area contributed by atoms with E-state index in [-0.39, 0.29) is 22.9 Å². The van der Waals surface area contributed by atoms with Crippen LogP contribution in [0, 0.1) is 0 Å². The zero-order valence-electron chi connectivity index (χ0n) is 17.4. The third-order valence-corrected chi connectivity index (χ3v) is 4.81. The number of carbonyl (C=O) groups is 2. The van der Waals surface area contributed by atoms with Crippen molar-refractivity contribution < 1.29 is 38.1 Å². The maximum atomic E-state index is 12.3. The van der Waals surface area contributed by atoms with E-state index in [1.165, 1.54) is 26.2 Å². The average Bonchev–Trinajstić information content (AvgIpc) is 2.65. The summed E-state index contributed by atoms with van der Waals surface area (Å²) in [6, 6.07) is 6.04. The fourth-order valence-electron chi connectivity index (χ4n) is 3.55. The van der Waals surface area contributed by atoms with Crippen LogP contribution < -0.4 is 21.4 Å². The van der Waals surface area contributed by atoms with E-state index in [0.29, 0.717) is 5.39 Å². The molecule has 1 fully saturated rings. The van der Waals surface area contributed by atoms with Gasteiger partial charge < -0.3 is 34.2 Å². The van der Waals surface area contributed by atoms with Gasteiger partial charge in [0.05, 0.1) is 11.0 Å². The summed E-state index contributed by atoms with van der Waals surface area (Å²) in [7, 11) is 1.39. The SMILES string of the molecule is COC1[C@H](OC(N)=O)[C@H](O)C(Oc2ccc3cc(NC(C)=O)oc(=O)c3c2)OC1(C)C. The first-order chi connectivity index (χ1) is 14.5. The lowest BCUT2D eigenvalue weighted by Gasteiger charge is -2.47. The minimum atomic E-state index is -1.43. The number of hydrogen-bond donors (Lipinski definition) is 3. The van der Waals surface area contributed by atoms with Gasteiger partial charge in [-0.25, -0.2) is 9.59 Å². The van der Waals surface area contributed by atoms with Gasteiger partial charge in [0.2, 0.25) is 18.1 Å². The topological polar surface area (TPSA) is 160 Å². The van der Waals surface area contributed by atoms with Gasteiger partial charge in [-0.2, -0.15) is 0 Å². The molecule has 1 aliphatic heterocycles. The smallest absolute Gasteiger partial charge is 0.404 e. The summed E-state index contributed by atoms with van der Waals surface area (Å²) < 4.78 is 27.1. The maximum Gasteiger partial charge on any atom is 0.404 e. The van der Waals surface area contributed by atoms with Crippen LogP contribution in [0.1, 0.15) is 20.8 Å². The summed E-state index contributed by atoms with van der Waals surface area (Å²) in [5.41, 5.74) is 3.43. The zero-order chi connectivity index (χ0) is 22.9. The van der Waals surface area contributed by atoms with Gasteiger partial charge >= 0.3 is 11.7 Å². The maximum absolute atomic E-state index is 12.3. The van der Waals surface area contributed by atoms with Crippen molar-refractivity contribution in [3.63, 3.8) is 0 Å². The van der Waals surface area contributed by atoms with Gasteiger partial charge in [0.15, 0.2) is 12.2 Å². The molecule has 4 atom stereocenters. The van der Waals surface area contributed by atoms with Gasteiger partial charge in [0, 0.05) is 20.1 Å². The molecule has 1 aliphatic rings. The standard InChI is InChI=1S/C20H24N2O9/c1-9(23)22-13-7-10-5-6-11(8-12(10)17(25)29-13)28-18-14(24)15(30-19(21)26)16(27-4)20(2,3)31-18/h5-8,14-16,18,24H,1-4H3,(H2,21,26)(H,22,23)/t14-,15+,16?,18?/m0/s1. The number of carbonyl (C=O) groups excluding carboxylic acids is 2. The van der Waals surface area contributed by atoms with Crippen molar-refractivity contribution in [3.05, 3.63) is 34.7 Å². The number of benzene rings is 1. The fourth-order valence-corrected chi connectivity index (χ4v) is 3.55. The Labute approximate surface area is 177 Å². The van der Waals surface area contributed by atoms with Gasteiger partial charge in [-0.15, -0.1) is 0 Å². The summed E-state index contributed by atoms with van der Waals surface area (Å²) in [5.74, 6) is -0.167. The van der Waals surface area contributed by atoms with Gasteiger partial charge in [-0.1, -0.05) is 6.07 Å². The number of fused-ring (bicyclic) bond motifs is 1. The molecule has 11 heteroatoms. The molecule has 31 heavy (non-hydrogen) atoms. The number of aliphatic hydroxyl groups is 1. The van der Waals surface area contributed by atoms with Gasteiger partial charge in [0.25, 0.3) is 0 Å². The molecule has 1 aromatic carbocycles. The summed E-state index contributed by atoms with van der Waals surface area (Å²) >= 11 is 0. The molecule has 168 valence electrons. The molecule has 0 saturated carbocycles. The van der Waals surface area contributed by atoms with Crippen LogP contribution in [-0.4, -0.2) is 54.4 Å². The molecule has 0 bridgehead atoms. The first kappa shape index (κ1) is 22.5. The Bertz CT molecular complexity index is 1050. The number of anilines is 1. The number of nitrogens with two attached hydrogens (primary N) is 1. The quantitative estimate of drug-likeness (QED) is 0.624. The predicted molar refractivity (Wildman–Crippen MR) is 108 cm³/mol. The molecule has 2 amide bonds. The first-order valence-electron chi connectivity index (χ1n) is 9.38. The van der Waals surface area contributed by atoms with Crippen molar-refractivity contribution in [3.8, 4) is 5.75 Å². The first-order valence-corrected chi connectivity index (χ1v) is 9.38. The second-order valence-corrected chi connectivity index (χ2v) is 7.58. The molecule has 1 aromatic heterocycles. The van der Waals surface area contributed by atoms with E-state index >= 15 is 0 Å². The molecule has 0 aliphatic carbocycles. The van der Waals surface area contributed by atoms with Crippen molar-refractivity contribution in [2.45, 2.75) is 51.0 Å². The molecular formula is C20H24N2O9. The van der Waals surface area contributed by atoms with Crippen LogP contribution >= 0.6 is 0 Å². The predicted octanol–water partition coefficient (Wildman–Crippen LogP) is 1.10. The Balaban J connectivity index is 1.89. The second kappa shape index (κ2) is 8.53. The Morgan fingerprint density at radius 1 is 1.26 bits per heavy atom. The van der Waals surface area contributed by atoms with Crippen LogP contribution in [0.2, 0.25) is 0 Å². The Morgan fingerprint density at radius 3 is 2.58 bits per heavy atom. The highest BCUT2D eigenvalue weighted by Crippen LogP contribution is 2.34. The van der Waals surface area contributed by atoms with E-state index in [9.17, 15) is 19.5 Å². The molecule has 3 rings (SSSR count). The fraction of sp³-hybridized carbons (Fsp3) is 0.450. The Hall–Kier alpha value is -3.15. The minimum Gasteiger partial charge on any atom is -0.462 e. The molecule has 2 aromatic rings. The molecule has 2 unspecified atom stereocenters. The van der Waals surface area contributed by atoms with E-state index in [2.05, 4.69) is 5.32 Å². The number of hydrogen-bond acceptors (Lipinski definition) is 9. The lowest BCUT2D eigenvalue weighted by atomic mass is 9.89. The van der Waals surface area contributed by atoms with E-state index < -0.39 is 41.9 Å². The third-order valence-electron chi connectivity index (χ3n) is 4.81. The number of ether oxygens (including phenoxy) is 4. The van der Waals surface area contributed by atoms with Crippen LogP contribution in [0.4, 0.5) is 10.7 Å². The number of primary amides is 1. The van der Waals surface area contributed by atoms with Crippen LogP contribution in [0.5, 0.6) is 5.75 Å². The monoisotopic (exact) mass is 436 g/mol. The van der Waals surface area contributed by atoms with Gasteiger partial charge in [-0.05, 0) is 31.4 Å². The molecule has 1 saturated heterocycles. The molecule has 4 N–H and O–H groups in total. The van der Waals surface area contributed by atoms with Crippen LogP contribution in [0.3, 0.4) is 0 Å². The molecular weight excluding hydrogens is 412 g/mol. The number of rotatable bonds is 5. The van der Waals surface area contributed by atoms with Crippen LogP contribution in [-0.2, 0) is 19.0 Å². The molecule has 11 nitrogen and oxygen atoms in total. The number of amides is 2. The number of nitrogens with one attached hydrogen (secondary N) is 1. The average molecular weight is 436 g/mol. The zero-order valence-corrected chi connectivity index (χ0v) is 17.4. The molecule has 0 spiro atoms. The summed E-state index contributed by atoms with van der Waals surface area (Å²) in [6.07, 6.45) is -5.73. The third kappa shape index (κ3) is 4.79. The van der Waals surface area contributed by atoms with Crippen LogP contribution in [0.15, 0.2) is 33.5 Å². The van der Waals surface area contributed by atoms with E-state index in [1.807, 2.05) is 0 Å². The van der Waals surface area contributed by atoms with Crippen molar-refractivity contribution >= 4 is 28.7 Å². The summed E-state index contributed by atoms with van der Waals surface area (Å²) in [6.45, 7) is 4.65. The number of methoxy groups -OCH3 is 1. The highest BCUT2D eigenvalue weighted by molar-refractivity contribution is 5.90. The molecule has 2 heterocycles. The summed E-state index contributed by atoms with van der Waals surface area (Å²) in [4.78, 5) is 34.8. The minimum absolute atomic E-state index is 0.0171. The van der Waals surface area contributed by atoms with Crippen molar-refractivity contribution in [1.29, 1.82) is 0 Å². The van der Waals surface area contributed by atoms with E-state index in [4.69, 9.17) is 29.1 Å². The highest BCUT2D eigenvalue weighted by Gasteiger charge is 2.53.